The summed E-state index contributed by atoms with van der Waals surface area (Å²) in [5.41, 5.74) is 5.77. The van der Waals surface area contributed by atoms with Crippen molar-refractivity contribution in [3.8, 4) is 11.5 Å². The smallest absolute Gasteiger partial charge is 0.329 e. The van der Waals surface area contributed by atoms with Gasteiger partial charge in [-0.3, -0.25) is 0 Å². The molecule has 0 bridgehead atoms. The number of carbonyl (C=O) groups excluding carboxylic acids is 1. The molecule has 2 N–H and O–H groups in total. The van der Waals surface area contributed by atoms with Gasteiger partial charge in [-0.2, -0.15) is 0 Å². The van der Waals surface area contributed by atoms with Crippen LogP contribution in [0.5, 0.6) is 11.5 Å². The second kappa shape index (κ2) is 10.2. The second-order valence-electron chi connectivity index (χ2n) is 5.36. The van der Waals surface area contributed by atoms with Gasteiger partial charge >= 0.3 is 6.03 Å². The molecule has 2 amide bonds. The lowest BCUT2D eigenvalue weighted by molar-refractivity contribution is 0.257. The van der Waals surface area contributed by atoms with E-state index in [9.17, 15) is 4.79 Å². The van der Waals surface area contributed by atoms with Crippen LogP contribution in [0.15, 0.2) is 53.0 Å². The molecule has 134 valence electrons. The van der Waals surface area contributed by atoms with Gasteiger partial charge in [0.1, 0.15) is 11.5 Å². The van der Waals surface area contributed by atoms with Gasteiger partial charge in [-0.25, -0.2) is 9.10 Å². The fourth-order valence-electron chi connectivity index (χ4n) is 2.12. The first-order valence-corrected chi connectivity index (χ1v) is 9.15. The highest BCUT2D eigenvalue weighted by Gasteiger charge is 2.08. The Morgan fingerprint density at radius 1 is 1.00 bits per heavy atom. The highest BCUT2D eigenvalue weighted by Crippen LogP contribution is 2.22. The molecule has 5 nitrogen and oxygen atoms in total. The summed E-state index contributed by atoms with van der Waals surface area (Å²) in [6.07, 6.45) is 2.90. The first-order valence-electron chi connectivity index (χ1n) is 7.96. The summed E-state index contributed by atoms with van der Waals surface area (Å²) in [6, 6.07) is 14.3. The molecule has 0 aliphatic carbocycles. The van der Waals surface area contributed by atoms with Gasteiger partial charge in [0.25, 0.3) is 0 Å². The van der Waals surface area contributed by atoms with Crippen LogP contribution >= 0.6 is 28.7 Å². The van der Waals surface area contributed by atoms with Crippen LogP contribution in [-0.2, 0) is 0 Å². The minimum atomic E-state index is -0.633. The predicted octanol–water partition coefficient (Wildman–Crippen LogP) is 4.81. The Bertz CT molecular complexity index is 682. The number of amides is 2. The molecule has 0 saturated carbocycles. The number of hydrogen-bond acceptors (Lipinski definition) is 4. The predicted molar refractivity (Wildman–Crippen MR) is 106 cm³/mol. The molecule has 0 fully saturated rings. The second-order valence-corrected chi connectivity index (χ2v) is 6.67. The quantitative estimate of drug-likeness (QED) is 0.448. The van der Waals surface area contributed by atoms with Crippen LogP contribution in [0.2, 0.25) is 0 Å². The van der Waals surface area contributed by atoms with Crippen molar-refractivity contribution in [2.45, 2.75) is 19.3 Å². The van der Waals surface area contributed by atoms with Gasteiger partial charge in [-0.05, 0) is 55.7 Å². The van der Waals surface area contributed by atoms with Gasteiger partial charge in [-0.1, -0.05) is 34.8 Å². The van der Waals surface area contributed by atoms with E-state index >= 15 is 0 Å². The number of thiol groups is 1. The zero-order valence-electron chi connectivity index (χ0n) is 13.7. The maximum atomic E-state index is 11.1. The average molecular weight is 425 g/mol. The molecule has 0 aliphatic heterocycles. The van der Waals surface area contributed by atoms with Crippen LogP contribution in [0.1, 0.15) is 19.3 Å². The summed E-state index contributed by atoms with van der Waals surface area (Å²) < 4.78 is 13.5. The van der Waals surface area contributed by atoms with Gasteiger partial charge in [-0.15, -0.1) is 0 Å². The first-order chi connectivity index (χ1) is 12.1. The molecule has 0 aliphatic rings. The maximum Gasteiger partial charge on any atom is 0.329 e. The number of nitrogens with two attached hydrogens (primary N) is 1. The van der Waals surface area contributed by atoms with Crippen molar-refractivity contribution >= 4 is 40.5 Å². The number of nitrogens with zero attached hydrogens (tertiary/aromatic N) is 1. The van der Waals surface area contributed by atoms with Crippen LogP contribution < -0.4 is 19.5 Å². The molecule has 2 rings (SSSR count). The zero-order chi connectivity index (χ0) is 18.1. The van der Waals surface area contributed by atoms with Crippen molar-refractivity contribution in [1.82, 2.24) is 0 Å². The fraction of sp³-hybridized carbons (Fsp3) is 0.278. The molecule has 0 saturated heterocycles. The summed E-state index contributed by atoms with van der Waals surface area (Å²) in [4.78, 5) is 11.1. The van der Waals surface area contributed by atoms with Crippen molar-refractivity contribution in [1.29, 1.82) is 0 Å². The number of benzene rings is 2. The van der Waals surface area contributed by atoms with E-state index in [0.29, 0.717) is 24.7 Å². The standard InChI is InChI=1S/C18H21BrN2O3S/c19-14-7-9-16(10-8-14)23-11-2-1-3-12-24-17-6-4-5-15(13-17)21(25)18(20)22/h4-10,13,25H,1-3,11-12H2,(H2,20,22). The molecule has 25 heavy (non-hydrogen) atoms. The third-order valence-electron chi connectivity index (χ3n) is 3.41. The van der Waals surface area contributed by atoms with Gasteiger partial charge in [0.2, 0.25) is 0 Å². The molecule has 0 unspecified atom stereocenters. The van der Waals surface area contributed by atoms with Crippen LogP contribution in [0, 0.1) is 0 Å². The largest absolute Gasteiger partial charge is 0.494 e. The van der Waals surface area contributed by atoms with Crippen molar-refractivity contribution < 1.29 is 14.3 Å². The molecular formula is C18H21BrN2O3S. The highest BCUT2D eigenvalue weighted by molar-refractivity contribution is 9.10. The Balaban J connectivity index is 1.62. The Morgan fingerprint density at radius 3 is 2.28 bits per heavy atom. The summed E-state index contributed by atoms with van der Waals surface area (Å²) in [7, 11) is 0. The molecule has 0 spiro atoms. The van der Waals surface area contributed by atoms with Gasteiger partial charge in [0.05, 0.1) is 18.9 Å². The monoisotopic (exact) mass is 424 g/mol. The third kappa shape index (κ3) is 6.88. The van der Waals surface area contributed by atoms with Gasteiger partial charge in [0, 0.05) is 10.5 Å². The number of urea groups is 1. The SMILES string of the molecule is NC(=O)N(S)c1cccc(OCCCCCOc2ccc(Br)cc2)c1. The number of hydrogen-bond donors (Lipinski definition) is 2. The Labute approximate surface area is 161 Å². The Morgan fingerprint density at radius 2 is 1.64 bits per heavy atom. The lowest BCUT2D eigenvalue weighted by Crippen LogP contribution is -2.27. The van der Waals surface area contributed by atoms with E-state index in [0.717, 1.165) is 33.8 Å². The molecule has 0 radical (unpaired) electrons. The molecule has 0 heterocycles. The minimum Gasteiger partial charge on any atom is -0.494 e. The maximum absolute atomic E-state index is 11.1. The summed E-state index contributed by atoms with van der Waals surface area (Å²) in [5, 5.41) is 0. The summed E-state index contributed by atoms with van der Waals surface area (Å²) >= 11 is 7.43. The van der Waals surface area contributed by atoms with E-state index in [-0.39, 0.29) is 0 Å². The zero-order valence-corrected chi connectivity index (χ0v) is 16.2. The Kier molecular flexibility index (Phi) is 7.94. The van der Waals surface area contributed by atoms with Crippen molar-refractivity contribution in [2.24, 2.45) is 5.73 Å². The molecule has 0 atom stereocenters. The van der Waals surface area contributed by atoms with Gasteiger partial charge in [0.15, 0.2) is 0 Å². The van der Waals surface area contributed by atoms with E-state index < -0.39 is 6.03 Å². The van der Waals surface area contributed by atoms with Crippen molar-refractivity contribution in [2.75, 3.05) is 17.5 Å². The highest BCUT2D eigenvalue weighted by atomic mass is 79.9. The topological polar surface area (TPSA) is 64.8 Å². The molecular weight excluding hydrogens is 404 g/mol. The lowest BCUT2D eigenvalue weighted by atomic mass is 10.2. The number of halogens is 1. The van der Waals surface area contributed by atoms with Crippen LogP contribution in [0.25, 0.3) is 0 Å². The number of ether oxygens (including phenoxy) is 2. The number of rotatable bonds is 9. The average Bonchev–Trinajstić information content (AvgIpc) is 2.62. The first kappa shape index (κ1) is 19.5. The summed E-state index contributed by atoms with van der Waals surface area (Å²) in [5.74, 6) is 1.56. The third-order valence-corrected chi connectivity index (χ3v) is 4.37. The lowest BCUT2D eigenvalue weighted by Gasteiger charge is -2.14. The number of primary amides is 1. The van der Waals surface area contributed by atoms with Crippen LogP contribution in [-0.4, -0.2) is 19.2 Å². The number of anilines is 1. The molecule has 2 aromatic carbocycles. The number of unbranched alkanes of at least 4 members (excludes halogenated alkanes) is 2. The van der Waals surface area contributed by atoms with E-state index in [1.165, 1.54) is 0 Å². The molecule has 7 heteroatoms. The van der Waals surface area contributed by atoms with E-state index in [1.807, 2.05) is 30.3 Å². The van der Waals surface area contributed by atoms with Gasteiger partial charge < -0.3 is 15.2 Å². The normalized spacial score (nSPS) is 10.3. The van der Waals surface area contributed by atoms with E-state index in [1.54, 1.807) is 18.2 Å². The van der Waals surface area contributed by atoms with Crippen LogP contribution in [0.4, 0.5) is 10.5 Å². The van der Waals surface area contributed by atoms with Crippen molar-refractivity contribution in [3.05, 3.63) is 53.0 Å². The fourth-order valence-corrected chi connectivity index (χ4v) is 2.51. The summed E-state index contributed by atoms with van der Waals surface area (Å²) in [6.45, 7) is 1.29. The van der Waals surface area contributed by atoms with Crippen LogP contribution in [0.3, 0.4) is 0 Å². The van der Waals surface area contributed by atoms with E-state index in [2.05, 4.69) is 28.7 Å². The molecule has 2 aromatic rings. The van der Waals surface area contributed by atoms with Crippen molar-refractivity contribution in [3.63, 3.8) is 0 Å². The number of carbonyl (C=O) groups is 1. The molecule has 0 aromatic heterocycles. The Hall–Kier alpha value is -1.86. The van der Waals surface area contributed by atoms with E-state index in [4.69, 9.17) is 15.2 Å². The minimum absolute atomic E-state index is 0.580.